The van der Waals surface area contributed by atoms with Crippen molar-refractivity contribution in [2.45, 2.75) is 12.5 Å². The molecule has 1 aliphatic rings. The number of nitrogens with zero attached hydrogens (tertiary/aromatic N) is 1. The molecular weight excluding hydrogens is 392 g/mol. The zero-order valence-electron chi connectivity index (χ0n) is 15.8. The number of thiazole rings is 1. The van der Waals surface area contributed by atoms with Crippen molar-refractivity contribution in [2.24, 2.45) is 0 Å². The number of carbonyl (C=O) groups is 2. The van der Waals surface area contributed by atoms with E-state index in [2.05, 4.69) is 10.3 Å². The molecule has 8 heteroatoms. The first-order valence-corrected chi connectivity index (χ1v) is 9.74. The van der Waals surface area contributed by atoms with E-state index >= 15 is 0 Å². The van der Waals surface area contributed by atoms with Crippen LogP contribution in [-0.2, 0) is 16.0 Å². The van der Waals surface area contributed by atoms with Gasteiger partial charge in [0.2, 0.25) is 0 Å². The van der Waals surface area contributed by atoms with Gasteiger partial charge in [-0.25, -0.2) is 9.78 Å². The van der Waals surface area contributed by atoms with Gasteiger partial charge in [-0.2, -0.15) is 0 Å². The van der Waals surface area contributed by atoms with Crippen molar-refractivity contribution in [1.82, 2.24) is 4.98 Å². The van der Waals surface area contributed by atoms with Crippen LogP contribution >= 0.6 is 11.3 Å². The normalized spacial score (nSPS) is 15.2. The van der Waals surface area contributed by atoms with E-state index in [9.17, 15) is 9.59 Å². The van der Waals surface area contributed by atoms with E-state index in [1.807, 2.05) is 23.6 Å². The number of ether oxygens (including phenoxy) is 3. The van der Waals surface area contributed by atoms with E-state index in [1.165, 1.54) is 11.3 Å². The molecule has 1 amide bonds. The Morgan fingerprint density at radius 3 is 2.79 bits per heavy atom. The molecule has 0 saturated heterocycles. The first kappa shape index (κ1) is 18.9. The van der Waals surface area contributed by atoms with Crippen molar-refractivity contribution >= 4 is 28.3 Å². The fourth-order valence-corrected chi connectivity index (χ4v) is 3.85. The SMILES string of the molecule is COc1ccc(OC)c(-c2csc(NC(=O)C3Cc4ccccc4C(=O)O3)n2)c1. The number of hydrogen-bond donors (Lipinski definition) is 1. The Morgan fingerprint density at radius 1 is 1.17 bits per heavy atom. The van der Waals surface area contributed by atoms with Crippen molar-refractivity contribution in [1.29, 1.82) is 0 Å². The molecule has 0 bridgehead atoms. The molecule has 1 aliphatic heterocycles. The van der Waals surface area contributed by atoms with Crippen LogP contribution in [0.1, 0.15) is 15.9 Å². The van der Waals surface area contributed by atoms with Gasteiger partial charge in [0.15, 0.2) is 11.2 Å². The van der Waals surface area contributed by atoms with Gasteiger partial charge in [0, 0.05) is 17.4 Å². The molecule has 2 aromatic carbocycles. The van der Waals surface area contributed by atoms with Crippen molar-refractivity contribution in [3.05, 3.63) is 59.0 Å². The molecule has 3 aromatic rings. The number of carbonyl (C=O) groups excluding carboxylic acids is 2. The Kier molecular flexibility index (Phi) is 5.18. The number of aromatic nitrogens is 1. The van der Waals surface area contributed by atoms with Gasteiger partial charge in [0.25, 0.3) is 5.91 Å². The van der Waals surface area contributed by atoms with Crippen LogP contribution in [0.4, 0.5) is 5.13 Å². The second-order valence-electron chi connectivity index (χ2n) is 6.35. The molecule has 0 radical (unpaired) electrons. The Hall–Kier alpha value is -3.39. The Bertz CT molecular complexity index is 1080. The van der Waals surface area contributed by atoms with Crippen LogP contribution < -0.4 is 14.8 Å². The molecule has 0 saturated carbocycles. The second-order valence-corrected chi connectivity index (χ2v) is 7.21. The lowest BCUT2D eigenvalue weighted by Gasteiger charge is -2.23. The van der Waals surface area contributed by atoms with E-state index in [1.54, 1.807) is 38.5 Å². The summed E-state index contributed by atoms with van der Waals surface area (Å²) in [7, 11) is 3.16. The molecule has 1 atom stereocenters. The maximum absolute atomic E-state index is 12.6. The number of fused-ring (bicyclic) bond motifs is 1. The standard InChI is InChI=1S/C21H18N2O5S/c1-26-13-7-8-17(27-2)15(10-13)16-11-29-21(22-16)23-19(24)18-9-12-5-3-4-6-14(12)20(25)28-18/h3-8,10-11,18H,9H2,1-2H3,(H,22,23,24). The smallest absolute Gasteiger partial charge is 0.339 e. The lowest BCUT2D eigenvalue weighted by Crippen LogP contribution is -2.37. The highest BCUT2D eigenvalue weighted by atomic mass is 32.1. The summed E-state index contributed by atoms with van der Waals surface area (Å²) in [6, 6.07) is 12.5. The average molecular weight is 410 g/mol. The minimum Gasteiger partial charge on any atom is -0.497 e. The topological polar surface area (TPSA) is 86.8 Å². The van der Waals surface area contributed by atoms with Gasteiger partial charge >= 0.3 is 5.97 Å². The van der Waals surface area contributed by atoms with Gasteiger partial charge in [-0.05, 0) is 29.8 Å². The monoisotopic (exact) mass is 410 g/mol. The molecule has 1 N–H and O–H groups in total. The van der Waals surface area contributed by atoms with Crippen LogP contribution in [0, 0.1) is 0 Å². The minimum absolute atomic E-state index is 0.329. The number of hydrogen-bond acceptors (Lipinski definition) is 7. The van der Waals surface area contributed by atoms with E-state index in [4.69, 9.17) is 14.2 Å². The molecule has 4 rings (SSSR count). The van der Waals surface area contributed by atoms with Gasteiger partial charge in [-0.15, -0.1) is 11.3 Å². The summed E-state index contributed by atoms with van der Waals surface area (Å²) in [4.78, 5) is 29.2. The Labute approximate surface area is 171 Å². The van der Waals surface area contributed by atoms with Crippen molar-refractivity contribution in [2.75, 3.05) is 19.5 Å². The summed E-state index contributed by atoms with van der Waals surface area (Å²) >= 11 is 1.28. The predicted octanol–water partition coefficient (Wildman–Crippen LogP) is 3.55. The summed E-state index contributed by atoms with van der Waals surface area (Å²) in [6.45, 7) is 0. The van der Waals surface area contributed by atoms with Gasteiger partial charge in [0.1, 0.15) is 11.5 Å². The summed E-state index contributed by atoms with van der Waals surface area (Å²) < 4.78 is 16.0. The van der Waals surface area contributed by atoms with Crippen LogP contribution in [0.5, 0.6) is 11.5 Å². The highest BCUT2D eigenvalue weighted by Crippen LogP contribution is 2.35. The summed E-state index contributed by atoms with van der Waals surface area (Å²) in [6.07, 6.45) is -0.563. The summed E-state index contributed by atoms with van der Waals surface area (Å²) in [5.74, 6) is 0.415. The first-order chi connectivity index (χ1) is 14.1. The lowest BCUT2D eigenvalue weighted by molar-refractivity contribution is -0.125. The number of cyclic esters (lactones) is 1. The first-order valence-electron chi connectivity index (χ1n) is 8.86. The highest BCUT2D eigenvalue weighted by Gasteiger charge is 2.31. The third-order valence-electron chi connectivity index (χ3n) is 4.60. The van der Waals surface area contributed by atoms with Crippen molar-refractivity contribution in [3.63, 3.8) is 0 Å². The van der Waals surface area contributed by atoms with Crippen LogP contribution in [0.15, 0.2) is 47.8 Å². The maximum Gasteiger partial charge on any atom is 0.339 e. The number of nitrogens with one attached hydrogen (secondary N) is 1. The van der Waals surface area contributed by atoms with E-state index in [0.717, 1.165) is 11.1 Å². The molecule has 1 aromatic heterocycles. The van der Waals surface area contributed by atoms with Crippen molar-refractivity contribution < 1.29 is 23.8 Å². The number of rotatable bonds is 5. The quantitative estimate of drug-likeness (QED) is 0.648. The zero-order valence-corrected chi connectivity index (χ0v) is 16.6. The van der Waals surface area contributed by atoms with E-state index < -0.39 is 18.0 Å². The Balaban J connectivity index is 1.52. The largest absolute Gasteiger partial charge is 0.497 e. The van der Waals surface area contributed by atoms with E-state index in [0.29, 0.717) is 34.3 Å². The van der Waals surface area contributed by atoms with Crippen LogP contribution in [0.2, 0.25) is 0 Å². The van der Waals surface area contributed by atoms with Crippen LogP contribution in [-0.4, -0.2) is 37.2 Å². The summed E-state index contributed by atoms with van der Waals surface area (Å²) in [5, 5.41) is 4.96. The lowest BCUT2D eigenvalue weighted by atomic mass is 9.98. The fourth-order valence-electron chi connectivity index (χ4n) is 3.13. The second kappa shape index (κ2) is 7.92. The molecule has 0 fully saturated rings. The molecule has 148 valence electrons. The Morgan fingerprint density at radius 2 is 2.00 bits per heavy atom. The predicted molar refractivity (Wildman–Crippen MR) is 109 cm³/mol. The number of amides is 1. The summed E-state index contributed by atoms with van der Waals surface area (Å²) in [5.41, 5.74) is 2.69. The van der Waals surface area contributed by atoms with Crippen LogP contribution in [0.25, 0.3) is 11.3 Å². The third-order valence-corrected chi connectivity index (χ3v) is 5.36. The van der Waals surface area contributed by atoms with Crippen LogP contribution in [0.3, 0.4) is 0 Å². The molecular formula is C21H18N2O5S. The minimum atomic E-state index is -0.892. The van der Waals surface area contributed by atoms with E-state index in [-0.39, 0.29) is 0 Å². The highest BCUT2D eigenvalue weighted by molar-refractivity contribution is 7.14. The fraction of sp³-hybridized carbons (Fsp3) is 0.190. The molecule has 0 aliphatic carbocycles. The van der Waals surface area contributed by atoms with Gasteiger partial charge < -0.3 is 14.2 Å². The number of benzene rings is 2. The van der Waals surface area contributed by atoms with Gasteiger partial charge in [-0.3, -0.25) is 10.1 Å². The number of esters is 1. The van der Waals surface area contributed by atoms with Gasteiger partial charge in [0.05, 0.1) is 25.5 Å². The van der Waals surface area contributed by atoms with Crippen molar-refractivity contribution in [3.8, 4) is 22.8 Å². The maximum atomic E-state index is 12.6. The third kappa shape index (κ3) is 3.79. The molecule has 1 unspecified atom stereocenters. The molecule has 29 heavy (non-hydrogen) atoms. The van der Waals surface area contributed by atoms with Gasteiger partial charge in [-0.1, -0.05) is 18.2 Å². The molecule has 7 nitrogen and oxygen atoms in total. The average Bonchev–Trinajstić information content (AvgIpc) is 3.21. The number of anilines is 1. The molecule has 0 spiro atoms. The molecule has 2 heterocycles. The zero-order chi connectivity index (χ0) is 20.4. The number of methoxy groups -OCH3 is 2.